The zero-order chi connectivity index (χ0) is 6.41. The van der Waals surface area contributed by atoms with Crippen LogP contribution in [0.4, 0.5) is 0 Å². The second-order valence-electron chi connectivity index (χ2n) is 1.73. The molecule has 0 bridgehead atoms. The maximum atomic E-state index is 9.88. The number of hydrogen-bond donors (Lipinski definition) is 0. The van der Waals surface area contributed by atoms with Crippen LogP contribution in [-0.2, 0) is 4.79 Å². The van der Waals surface area contributed by atoms with Crippen LogP contribution in [0.2, 0.25) is 0 Å². The molecule has 0 rings (SSSR count). The smallest absolute Gasteiger partial charge is 0.212 e. The molecule has 1 radical (unpaired) electrons. The van der Waals surface area contributed by atoms with Gasteiger partial charge in [0.25, 0.3) is 0 Å². The van der Waals surface area contributed by atoms with Crippen molar-refractivity contribution in [3.05, 3.63) is 0 Å². The molecule has 0 N–H and O–H groups in total. The summed E-state index contributed by atoms with van der Waals surface area (Å²) in [4.78, 5) is 9.88. The predicted octanol–water partition coefficient (Wildman–Crippen LogP) is 2.09. The van der Waals surface area contributed by atoms with Gasteiger partial charge in [-0.3, -0.25) is 4.79 Å². The van der Waals surface area contributed by atoms with E-state index in [1.165, 1.54) is 6.42 Å². The lowest BCUT2D eigenvalue weighted by Gasteiger charge is -1.95. The van der Waals surface area contributed by atoms with Crippen LogP contribution in [0.1, 0.15) is 26.2 Å². The first kappa shape index (κ1) is 8.40. The van der Waals surface area contributed by atoms with Crippen molar-refractivity contribution in [3.8, 4) is 0 Å². The van der Waals surface area contributed by atoms with E-state index in [9.17, 15) is 4.79 Å². The molecular weight excluding hydrogens is 215 g/mol. The molecule has 0 aromatic carbocycles. The minimum absolute atomic E-state index is 0.118. The minimum atomic E-state index is 0.118. The monoisotopic (exact) mass is 225 g/mol. The van der Waals surface area contributed by atoms with Crippen molar-refractivity contribution in [2.45, 2.75) is 30.1 Å². The van der Waals surface area contributed by atoms with E-state index in [1.807, 2.05) is 6.29 Å². The molecule has 1 atom stereocenters. The quantitative estimate of drug-likeness (QED) is 0.528. The number of unbranched alkanes of at least 4 members (excludes halogenated alkanes) is 1. The molecule has 47 valence electrons. The lowest BCUT2D eigenvalue weighted by molar-refractivity contribution is 0.550. The Kier molecular flexibility index (Phi) is 5.81. The molecule has 0 aliphatic rings. The van der Waals surface area contributed by atoms with E-state index in [4.69, 9.17) is 0 Å². The molecule has 2 heteroatoms. The van der Waals surface area contributed by atoms with Crippen LogP contribution in [0, 0.1) is 0 Å². The molecule has 1 nitrogen and oxygen atoms in total. The number of alkyl halides is 1. The predicted molar refractivity (Wildman–Crippen MR) is 43.0 cm³/mol. The molecule has 0 aliphatic heterocycles. The Labute approximate surface area is 64.0 Å². The number of halogens is 1. The second-order valence-corrected chi connectivity index (χ2v) is 3.23. The van der Waals surface area contributed by atoms with Crippen molar-refractivity contribution >= 4 is 28.9 Å². The molecule has 0 saturated carbocycles. The van der Waals surface area contributed by atoms with Crippen LogP contribution in [0.25, 0.3) is 0 Å². The van der Waals surface area contributed by atoms with E-state index >= 15 is 0 Å². The van der Waals surface area contributed by atoms with Gasteiger partial charge in [-0.05, 0) is 6.42 Å². The lowest BCUT2D eigenvalue weighted by Crippen LogP contribution is -1.96. The molecule has 0 saturated heterocycles. The highest BCUT2D eigenvalue weighted by atomic mass is 127. The fourth-order valence-corrected chi connectivity index (χ4v) is 0.883. The summed E-state index contributed by atoms with van der Waals surface area (Å²) in [6.07, 6.45) is 5.23. The van der Waals surface area contributed by atoms with E-state index in [0.29, 0.717) is 0 Å². The van der Waals surface area contributed by atoms with Crippen LogP contribution >= 0.6 is 22.6 Å². The van der Waals surface area contributed by atoms with E-state index in [0.717, 1.165) is 12.8 Å². The topological polar surface area (TPSA) is 17.1 Å². The van der Waals surface area contributed by atoms with Crippen LogP contribution in [0.5, 0.6) is 0 Å². The van der Waals surface area contributed by atoms with Crippen molar-refractivity contribution in [2.24, 2.45) is 0 Å². The molecule has 0 heterocycles. The Bertz CT molecular complexity index is 63.5. The molecule has 0 spiro atoms. The fourth-order valence-electron chi connectivity index (χ4n) is 0.442. The maximum Gasteiger partial charge on any atom is 0.212 e. The molecular formula is C6H10IO. The first-order valence-corrected chi connectivity index (χ1v) is 4.07. The van der Waals surface area contributed by atoms with Crippen LogP contribution in [-0.4, -0.2) is 10.2 Å². The molecule has 1 unspecified atom stereocenters. The lowest BCUT2D eigenvalue weighted by atomic mass is 10.2. The van der Waals surface area contributed by atoms with Crippen LogP contribution in [0.15, 0.2) is 0 Å². The SMILES string of the molecule is CCCCC(I)[C]=O. The Morgan fingerprint density at radius 3 is 2.75 bits per heavy atom. The maximum absolute atomic E-state index is 9.88. The van der Waals surface area contributed by atoms with Crippen LogP contribution < -0.4 is 0 Å². The van der Waals surface area contributed by atoms with Crippen LogP contribution in [0.3, 0.4) is 0 Å². The van der Waals surface area contributed by atoms with E-state index in [2.05, 4.69) is 29.5 Å². The van der Waals surface area contributed by atoms with Gasteiger partial charge in [0.1, 0.15) is 0 Å². The number of rotatable bonds is 4. The average Bonchev–Trinajstić information content (AvgIpc) is 1.83. The summed E-state index contributed by atoms with van der Waals surface area (Å²) >= 11 is 2.11. The highest BCUT2D eigenvalue weighted by molar-refractivity contribution is 14.1. The minimum Gasteiger partial charge on any atom is -0.290 e. The molecule has 0 amide bonds. The standard InChI is InChI=1S/C6H10IO/c1-2-3-4-6(7)5-8/h6H,2-4H2,1H3. The van der Waals surface area contributed by atoms with Gasteiger partial charge < -0.3 is 0 Å². The van der Waals surface area contributed by atoms with Crippen molar-refractivity contribution < 1.29 is 4.79 Å². The summed E-state index contributed by atoms with van der Waals surface area (Å²) in [7, 11) is 0. The summed E-state index contributed by atoms with van der Waals surface area (Å²) in [6, 6.07) is 0. The third kappa shape index (κ3) is 4.56. The molecule has 0 aromatic heterocycles. The van der Waals surface area contributed by atoms with Gasteiger partial charge in [0.2, 0.25) is 6.29 Å². The van der Waals surface area contributed by atoms with Gasteiger partial charge in [-0.1, -0.05) is 42.4 Å². The van der Waals surface area contributed by atoms with Gasteiger partial charge in [-0.25, -0.2) is 0 Å². The van der Waals surface area contributed by atoms with Gasteiger partial charge in [0, 0.05) is 0 Å². The summed E-state index contributed by atoms with van der Waals surface area (Å²) < 4.78 is 0.118. The highest BCUT2D eigenvalue weighted by Gasteiger charge is 1.98. The van der Waals surface area contributed by atoms with Gasteiger partial charge in [0.05, 0.1) is 3.92 Å². The van der Waals surface area contributed by atoms with Crippen molar-refractivity contribution in [1.82, 2.24) is 0 Å². The van der Waals surface area contributed by atoms with Crippen molar-refractivity contribution in [1.29, 1.82) is 0 Å². The Morgan fingerprint density at radius 2 is 2.38 bits per heavy atom. The molecule has 8 heavy (non-hydrogen) atoms. The first-order chi connectivity index (χ1) is 3.81. The number of hydrogen-bond acceptors (Lipinski definition) is 1. The second kappa shape index (κ2) is 5.54. The number of carbonyl (C=O) groups excluding carboxylic acids is 1. The average molecular weight is 225 g/mol. The third-order valence-electron chi connectivity index (χ3n) is 0.939. The normalized spacial score (nSPS) is 13.2. The van der Waals surface area contributed by atoms with Gasteiger partial charge in [-0.15, -0.1) is 0 Å². The van der Waals surface area contributed by atoms with E-state index < -0.39 is 0 Å². The third-order valence-corrected chi connectivity index (χ3v) is 1.82. The zero-order valence-electron chi connectivity index (χ0n) is 4.98. The largest absolute Gasteiger partial charge is 0.290 e. The fraction of sp³-hybridized carbons (Fsp3) is 0.833. The van der Waals surface area contributed by atoms with Gasteiger partial charge >= 0.3 is 0 Å². The Hall–Kier alpha value is 0.400. The molecule has 0 aromatic rings. The summed E-state index contributed by atoms with van der Waals surface area (Å²) in [6.45, 7) is 2.12. The Balaban J connectivity index is 2.98. The summed E-state index contributed by atoms with van der Waals surface area (Å²) in [5, 5.41) is 0. The van der Waals surface area contributed by atoms with Gasteiger partial charge in [-0.2, -0.15) is 0 Å². The molecule has 0 fully saturated rings. The van der Waals surface area contributed by atoms with Crippen molar-refractivity contribution in [2.75, 3.05) is 0 Å². The molecule has 0 aliphatic carbocycles. The van der Waals surface area contributed by atoms with Gasteiger partial charge in [0.15, 0.2) is 0 Å². The summed E-state index contributed by atoms with van der Waals surface area (Å²) in [5.74, 6) is 0. The summed E-state index contributed by atoms with van der Waals surface area (Å²) in [5.41, 5.74) is 0. The first-order valence-electron chi connectivity index (χ1n) is 2.83. The van der Waals surface area contributed by atoms with E-state index in [1.54, 1.807) is 0 Å². The van der Waals surface area contributed by atoms with E-state index in [-0.39, 0.29) is 3.92 Å². The Morgan fingerprint density at radius 1 is 1.75 bits per heavy atom. The highest BCUT2D eigenvalue weighted by Crippen LogP contribution is 2.06. The zero-order valence-corrected chi connectivity index (χ0v) is 7.14. The van der Waals surface area contributed by atoms with Crippen molar-refractivity contribution in [3.63, 3.8) is 0 Å².